The van der Waals surface area contributed by atoms with Crippen molar-refractivity contribution in [3.8, 4) is 0 Å². The van der Waals surface area contributed by atoms with Crippen molar-refractivity contribution in [3.05, 3.63) is 36.0 Å². The van der Waals surface area contributed by atoms with E-state index in [1.807, 2.05) is 38.1 Å². The van der Waals surface area contributed by atoms with Gasteiger partial charge in [-0.2, -0.15) is 0 Å². The highest BCUT2D eigenvalue weighted by Gasteiger charge is 2.28. The number of nitrogens with two attached hydrogens (primary N) is 1. The van der Waals surface area contributed by atoms with Gasteiger partial charge in [0.05, 0.1) is 12.6 Å². The molecule has 0 fully saturated rings. The summed E-state index contributed by atoms with van der Waals surface area (Å²) in [6.07, 6.45) is 2.16. The fourth-order valence-corrected chi connectivity index (χ4v) is 3.08. The number of aromatic amines is 1. The number of aliphatic hydroxyl groups is 1. The van der Waals surface area contributed by atoms with E-state index >= 15 is 0 Å². The molecule has 0 saturated heterocycles. The van der Waals surface area contributed by atoms with Crippen LogP contribution < -0.4 is 16.4 Å². The first-order valence-electron chi connectivity index (χ1n) is 9.47. The molecule has 0 aliphatic rings. The molecule has 0 aliphatic heterocycles. The van der Waals surface area contributed by atoms with Crippen molar-refractivity contribution in [2.75, 3.05) is 6.61 Å². The maximum absolute atomic E-state index is 12.5. The van der Waals surface area contributed by atoms with Gasteiger partial charge in [0.1, 0.15) is 12.1 Å². The van der Waals surface area contributed by atoms with Crippen molar-refractivity contribution in [1.82, 2.24) is 15.6 Å². The standard InChI is InChI=1S/C20H28N4O5/c1-11(2)7-14(21)18(26)24-17(10-25)19(27)23-16(20(28)29)8-12-9-22-15-6-4-3-5-13(12)15/h3-6,9,11,14,16-17,22,25H,7-8,10,21H2,1-2H3,(H,23,27)(H,24,26)(H,28,29). The summed E-state index contributed by atoms with van der Waals surface area (Å²) in [5.74, 6) is -2.39. The lowest BCUT2D eigenvalue weighted by atomic mass is 10.0. The Morgan fingerprint density at radius 2 is 1.76 bits per heavy atom. The van der Waals surface area contributed by atoms with Crippen LogP contribution in [0.5, 0.6) is 0 Å². The van der Waals surface area contributed by atoms with Crippen molar-refractivity contribution >= 4 is 28.7 Å². The van der Waals surface area contributed by atoms with Crippen LogP contribution in [0.1, 0.15) is 25.8 Å². The molecule has 3 unspecified atom stereocenters. The average Bonchev–Trinajstić information content (AvgIpc) is 3.07. The molecular weight excluding hydrogens is 376 g/mol. The van der Waals surface area contributed by atoms with E-state index < -0.39 is 42.5 Å². The quantitative estimate of drug-likeness (QED) is 0.330. The molecule has 0 spiro atoms. The summed E-state index contributed by atoms with van der Waals surface area (Å²) in [5, 5.41) is 24.6. The number of carboxylic acids is 1. The summed E-state index contributed by atoms with van der Waals surface area (Å²) in [5.41, 5.74) is 7.38. The van der Waals surface area contributed by atoms with E-state index in [2.05, 4.69) is 15.6 Å². The molecule has 9 nitrogen and oxygen atoms in total. The van der Waals surface area contributed by atoms with E-state index in [0.29, 0.717) is 6.42 Å². The number of aliphatic carboxylic acids is 1. The normalized spacial score (nSPS) is 14.4. The van der Waals surface area contributed by atoms with E-state index in [4.69, 9.17) is 5.73 Å². The van der Waals surface area contributed by atoms with Crippen molar-refractivity contribution in [1.29, 1.82) is 0 Å². The number of benzene rings is 1. The van der Waals surface area contributed by atoms with Crippen LogP contribution in [-0.4, -0.2) is 57.7 Å². The molecule has 2 rings (SSSR count). The van der Waals surface area contributed by atoms with Crippen LogP contribution >= 0.6 is 0 Å². The summed E-state index contributed by atoms with van der Waals surface area (Å²) in [4.78, 5) is 39.3. The molecule has 7 N–H and O–H groups in total. The van der Waals surface area contributed by atoms with Crippen LogP contribution in [0, 0.1) is 5.92 Å². The lowest BCUT2D eigenvalue weighted by Gasteiger charge is -2.22. The number of hydrogen-bond donors (Lipinski definition) is 6. The maximum Gasteiger partial charge on any atom is 0.326 e. The molecule has 0 aliphatic carbocycles. The van der Waals surface area contributed by atoms with E-state index in [0.717, 1.165) is 16.5 Å². The molecule has 1 aromatic heterocycles. The molecular formula is C20H28N4O5. The summed E-state index contributed by atoms with van der Waals surface area (Å²) >= 11 is 0. The molecule has 0 bridgehead atoms. The molecule has 9 heteroatoms. The predicted molar refractivity (Wildman–Crippen MR) is 108 cm³/mol. The number of amides is 2. The second kappa shape index (κ2) is 10.0. The van der Waals surface area contributed by atoms with Crippen LogP contribution in [0.25, 0.3) is 10.9 Å². The third-order valence-electron chi connectivity index (χ3n) is 4.59. The van der Waals surface area contributed by atoms with E-state index in [9.17, 15) is 24.6 Å². The van der Waals surface area contributed by atoms with Gasteiger partial charge in [0.25, 0.3) is 0 Å². The van der Waals surface area contributed by atoms with Gasteiger partial charge >= 0.3 is 5.97 Å². The smallest absolute Gasteiger partial charge is 0.326 e. The third-order valence-corrected chi connectivity index (χ3v) is 4.59. The zero-order valence-electron chi connectivity index (χ0n) is 16.5. The van der Waals surface area contributed by atoms with Crippen LogP contribution in [0.15, 0.2) is 30.5 Å². The minimum absolute atomic E-state index is 0.0457. The monoisotopic (exact) mass is 404 g/mol. The Balaban J connectivity index is 2.05. The van der Waals surface area contributed by atoms with Crippen LogP contribution in [-0.2, 0) is 20.8 Å². The lowest BCUT2D eigenvalue weighted by Crippen LogP contribution is -2.56. The van der Waals surface area contributed by atoms with Crippen LogP contribution in [0.3, 0.4) is 0 Å². The van der Waals surface area contributed by atoms with Gasteiger partial charge in [-0.15, -0.1) is 0 Å². The zero-order chi connectivity index (χ0) is 21.6. The molecule has 0 saturated carbocycles. The summed E-state index contributed by atoms with van der Waals surface area (Å²) in [6.45, 7) is 3.14. The van der Waals surface area contributed by atoms with E-state index in [-0.39, 0.29) is 12.3 Å². The third kappa shape index (κ3) is 6.03. The minimum atomic E-state index is -1.29. The number of aliphatic hydroxyl groups excluding tert-OH is 1. The molecule has 1 aromatic carbocycles. The highest BCUT2D eigenvalue weighted by Crippen LogP contribution is 2.19. The highest BCUT2D eigenvalue weighted by atomic mass is 16.4. The topological polar surface area (TPSA) is 158 Å². The molecule has 3 atom stereocenters. The number of para-hydroxylation sites is 1. The number of nitrogens with one attached hydrogen (secondary N) is 3. The van der Waals surface area contributed by atoms with Gasteiger partial charge in [-0.25, -0.2) is 4.79 Å². The van der Waals surface area contributed by atoms with Crippen molar-refractivity contribution in [2.45, 2.75) is 44.8 Å². The van der Waals surface area contributed by atoms with Gasteiger partial charge in [-0.3, -0.25) is 9.59 Å². The zero-order valence-corrected chi connectivity index (χ0v) is 16.5. The Hall–Kier alpha value is -2.91. The van der Waals surface area contributed by atoms with Crippen LogP contribution in [0.4, 0.5) is 0 Å². The second-order valence-corrected chi connectivity index (χ2v) is 7.44. The SMILES string of the molecule is CC(C)CC(N)C(=O)NC(CO)C(=O)NC(Cc1c[nH]c2ccccc12)C(=O)O. The number of fused-ring (bicyclic) bond motifs is 1. The highest BCUT2D eigenvalue weighted by molar-refractivity contribution is 5.92. The number of carbonyl (C=O) groups excluding carboxylic acids is 2. The second-order valence-electron chi connectivity index (χ2n) is 7.44. The van der Waals surface area contributed by atoms with E-state index in [1.165, 1.54) is 0 Å². The lowest BCUT2D eigenvalue weighted by molar-refractivity contribution is -0.142. The Morgan fingerprint density at radius 1 is 1.10 bits per heavy atom. The summed E-state index contributed by atoms with van der Waals surface area (Å²) in [7, 11) is 0. The predicted octanol–water partition coefficient (Wildman–Crippen LogP) is 0.130. The first kappa shape index (κ1) is 22.4. The Bertz CT molecular complexity index is 863. The Kier molecular flexibility index (Phi) is 7.74. The van der Waals surface area contributed by atoms with Gasteiger partial charge in [0.2, 0.25) is 11.8 Å². The number of aromatic nitrogens is 1. The number of hydrogen-bond acceptors (Lipinski definition) is 5. The number of rotatable bonds is 10. The molecule has 2 amide bonds. The fraction of sp³-hybridized carbons (Fsp3) is 0.450. The number of H-pyrrole nitrogens is 1. The Morgan fingerprint density at radius 3 is 2.38 bits per heavy atom. The largest absolute Gasteiger partial charge is 0.480 e. The van der Waals surface area contributed by atoms with Gasteiger partial charge < -0.3 is 31.6 Å². The maximum atomic E-state index is 12.5. The molecule has 2 aromatic rings. The van der Waals surface area contributed by atoms with Crippen molar-refractivity contribution < 1.29 is 24.6 Å². The van der Waals surface area contributed by atoms with Gasteiger partial charge in [0, 0.05) is 23.5 Å². The van der Waals surface area contributed by atoms with Crippen molar-refractivity contribution in [3.63, 3.8) is 0 Å². The molecule has 0 radical (unpaired) electrons. The van der Waals surface area contributed by atoms with Gasteiger partial charge in [-0.1, -0.05) is 32.0 Å². The number of carbonyl (C=O) groups is 3. The molecule has 29 heavy (non-hydrogen) atoms. The fourth-order valence-electron chi connectivity index (χ4n) is 3.08. The Labute approximate surface area is 168 Å². The van der Waals surface area contributed by atoms with Gasteiger partial charge in [0.15, 0.2) is 0 Å². The average molecular weight is 404 g/mol. The van der Waals surface area contributed by atoms with Gasteiger partial charge in [-0.05, 0) is 24.0 Å². The first-order chi connectivity index (χ1) is 13.7. The van der Waals surface area contributed by atoms with Crippen LogP contribution in [0.2, 0.25) is 0 Å². The summed E-state index contributed by atoms with van der Waals surface area (Å²) < 4.78 is 0. The minimum Gasteiger partial charge on any atom is -0.480 e. The number of carboxylic acid groups (broad SMARTS) is 1. The van der Waals surface area contributed by atoms with E-state index in [1.54, 1.807) is 6.20 Å². The molecule has 1 heterocycles. The first-order valence-corrected chi connectivity index (χ1v) is 9.47. The van der Waals surface area contributed by atoms with Crippen molar-refractivity contribution in [2.24, 2.45) is 11.7 Å². The molecule has 158 valence electrons. The summed E-state index contributed by atoms with van der Waals surface area (Å²) in [6, 6.07) is 4.09.